The minimum atomic E-state index is 0.242. The van der Waals surface area contributed by atoms with Crippen molar-refractivity contribution in [3.05, 3.63) is 78.4 Å². The lowest BCUT2D eigenvalue weighted by molar-refractivity contribution is 0.637. The van der Waals surface area contributed by atoms with Crippen molar-refractivity contribution in [2.24, 2.45) is 16.0 Å². The summed E-state index contributed by atoms with van der Waals surface area (Å²) in [7, 11) is 0. The Balaban J connectivity index is 1.44. The van der Waals surface area contributed by atoms with E-state index >= 15 is 0 Å². The van der Waals surface area contributed by atoms with Gasteiger partial charge in [0.25, 0.3) is 0 Å². The molecule has 2 aromatic carbocycles. The smallest absolute Gasteiger partial charge is 0.244 e. The number of hydrogen-bond acceptors (Lipinski definition) is 5. The molecular weight excluding hydrogens is 358 g/mol. The highest BCUT2D eigenvalue weighted by Crippen LogP contribution is 2.28. The SMILES string of the molecule is Cc1ccc2nc(N/N=C\C3=N[C@@H]4C=CC=C[C@@H]4C3)nc(-c3ccccc3)c2c1. The fraction of sp³-hybridized carbons (Fsp3) is 0.167. The topological polar surface area (TPSA) is 62.5 Å². The van der Waals surface area contributed by atoms with Crippen LogP contribution in [-0.4, -0.2) is 27.9 Å². The molecule has 5 nitrogen and oxygen atoms in total. The Morgan fingerprint density at radius 3 is 2.76 bits per heavy atom. The van der Waals surface area contributed by atoms with Crippen LogP contribution >= 0.6 is 0 Å². The molecule has 0 fully saturated rings. The van der Waals surface area contributed by atoms with Crippen LogP contribution in [0.3, 0.4) is 0 Å². The van der Waals surface area contributed by atoms with E-state index in [1.165, 1.54) is 5.56 Å². The average molecular weight is 379 g/mol. The number of aliphatic imine (C=N–C) groups is 1. The molecule has 5 rings (SSSR count). The van der Waals surface area contributed by atoms with Crippen LogP contribution in [0, 0.1) is 12.8 Å². The lowest BCUT2D eigenvalue weighted by atomic mass is 9.94. The maximum Gasteiger partial charge on any atom is 0.244 e. The van der Waals surface area contributed by atoms with Crippen molar-refractivity contribution < 1.29 is 0 Å². The second-order valence-corrected chi connectivity index (χ2v) is 7.40. The molecule has 29 heavy (non-hydrogen) atoms. The standard InChI is InChI=1S/C24H21N5/c1-16-11-12-22-20(13-16)23(17-7-3-2-4-8-17)28-24(27-22)29-25-15-19-14-18-9-5-6-10-21(18)26-19/h2-13,15,18,21H,14H2,1H3,(H,27,28,29)/b25-15-/t18-,21-/m1/s1. The third-order valence-electron chi connectivity index (χ3n) is 5.25. The highest BCUT2D eigenvalue weighted by molar-refractivity contribution is 6.31. The molecule has 1 aliphatic carbocycles. The summed E-state index contributed by atoms with van der Waals surface area (Å²) < 4.78 is 0. The van der Waals surface area contributed by atoms with Crippen LogP contribution in [-0.2, 0) is 0 Å². The predicted molar refractivity (Wildman–Crippen MR) is 119 cm³/mol. The lowest BCUT2D eigenvalue weighted by Crippen LogP contribution is -2.10. The van der Waals surface area contributed by atoms with Crippen LogP contribution in [0.15, 0.2) is 82.9 Å². The molecular formula is C24H21N5. The first kappa shape index (κ1) is 17.5. The molecule has 1 aliphatic heterocycles. The van der Waals surface area contributed by atoms with E-state index in [4.69, 9.17) is 9.98 Å². The molecule has 142 valence electrons. The fourth-order valence-corrected chi connectivity index (χ4v) is 3.81. The third kappa shape index (κ3) is 3.59. The Morgan fingerprint density at radius 2 is 1.90 bits per heavy atom. The van der Waals surface area contributed by atoms with Crippen LogP contribution in [0.2, 0.25) is 0 Å². The zero-order valence-electron chi connectivity index (χ0n) is 16.2. The molecule has 0 saturated carbocycles. The average Bonchev–Trinajstić information content (AvgIpc) is 3.17. The molecule has 0 spiro atoms. The van der Waals surface area contributed by atoms with E-state index in [1.807, 2.05) is 24.3 Å². The number of rotatable bonds is 4. The Labute approximate surface area is 169 Å². The normalized spacial score (nSPS) is 20.2. The zero-order chi connectivity index (χ0) is 19.6. The van der Waals surface area contributed by atoms with E-state index in [2.05, 4.69) is 71.0 Å². The number of anilines is 1. The second kappa shape index (κ2) is 7.43. The molecule has 2 heterocycles. The van der Waals surface area contributed by atoms with Crippen LogP contribution < -0.4 is 5.43 Å². The van der Waals surface area contributed by atoms with Crippen molar-refractivity contribution >= 4 is 28.8 Å². The van der Waals surface area contributed by atoms with Gasteiger partial charge in [0, 0.05) is 16.9 Å². The van der Waals surface area contributed by atoms with Crippen molar-refractivity contribution in [3.63, 3.8) is 0 Å². The number of hydrogen-bond donors (Lipinski definition) is 1. The van der Waals surface area contributed by atoms with Crippen molar-refractivity contribution in [1.29, 1.82) is 0 Å². The molecule has 2 aliphatic rings. The number of benzene rings is 2. The highest BCUT2D eigenvalue weighted by atomic mass is 15.3. The second-order valence-electron chi connectivity index (χ2n) is 7.40. The predicted octanol–water partition coefficient (Wildman–Crippen LogP) is 4.96. The molecule has 0 amide bonds. The maximum atomic E-state index is 4.75. The quantitative estimate of drug-likeness (QED) is 0.515. The van der Waals surface area contributed by atoms with Crippen molar-refractivity contribution in [2.75, 3.05) is 5.43 Å². The minimum Gasteiger partial charge on any atom is -0.280 e. The lowest BCUT2D eigenvalue weighted by Gasteiger charge is -2.11. The van der Waals surface area contributed by atoms with Gasteiger partial charge in [-0.15, -0.1) is 0 Å². The molecule has 0 bridgehead atoms. The summed E-state index contributed by atoms with van der Waals surface area (Å²) in [5.41, 5.74) is 8.02. The van der Waals surface area contributed by atoms with Crippen molar-refractivity contribution in [3.8, 4) is 11.3 Å². The summed E-state index contributed by atoms with van der Waals surface area (Å²) in [6.45, 7) is 2.08. The van der Waals surface area contributed by atoms with Gasteiger partial charge in [-0.1, -0.05) is 66.3 Å². The molecule has 2 atom stereocenters. The number of nitrogens with one attached hydrogen (secondary N) is 1. The molecule has 0 radical (unpaired) electrons. The van der Waals surface area contributed by atoms with Gasteiger partial charge in [-0.2, -0.15) is 5.10 Å². The Morgan fingerprint density at radius 1 is 1.03 bits per heavy atom. The number of aromatic nitrogens is 2. The largest absolute Gasteiger partial charge is 0.280 e. The summed E-state index contributed by atoms with van der Waals surface area (Å²) in [4.78, 5) is 14.1. The van der Waals surface area contributed by atoms with Crippen LogP contribution in [0.1, 0.15) is 12.0 Å². The monoisotopic (exact) mass is 379 g/mol. The molecule has 3 aromatic rings. The highest BCUT2D eigenvalue weighted by Gasteiger charge is 2.25. The van der Waals surface area contributed by atoms with E-state index in [-0.39, 0.29) is 6.04 Å². The van der Waals surface area contributed by atoms with Gasteiger partial charge in [-0.25, -0.2) is 15.4 Å². The Hall–Kier alpha value is -3.60. The summed E-state index contributed by atoms with van der Waals surface area (Å²) in [6, 6.07) is 16.6. The number of aryl methyl sites for hydroxylation is 1. The summed E-state index contributed by atoms with van der Waals surface area (Å²) in [5, 5.41) is 5.40. The van der Waals surface area contributed by atoms with Gasteiger partial charge >= 0.3 is 0 Å². The number of allylic oxidation sites excluding steroid dienone is 2. The molecule has 0 unspecified atom stereocenters. The van der Waals surface area contributed by atoms with Gasteiger partial charge in [0.2, 0.25) is 5.95 Å². The van der Waals surface area contributed by atoms with E-state index in [9.17, 15) is 0 Å². The summed E-state index contributed by atoms with van der Waals surface area (Å²) in [6.07, 6.45) is 11.2. The molecule has 5 heteroatoms. The molecule has 1 N–H and O–H groups in total. The fourth-order valence-electron chi connectivity index (χ4n) is 3.81. The Kier molecular flexibility index (Phi) is 4.48. The van der Waals surface area contributed by atoms with Crippen molar-refractivity contribution in [1.82, 2.24) is 9.97 Å². The first-order valence-corrected chi connectivity index (χ1v) is 9.81. The summed E-state index contributed by atoms with van der Waals surface area (Å²) in [5.74, 6) is 0.929. The number of fused-ring (bicyclic) bond motifs is 2. The molecule has 0 saturated heterocycles. The van der Waals surface area contributed by atoms with E-state index in [0.717, 1.165) is 34.3 Å². The van der Waals surface area contributed by atoms with E-state index in [0.29, 0.717) is 11.9 Å². The first-order valence-electron chi connectivity index (χ1n) is 9.81. The van der Waals surface area contributed by atoms with Crippen LogP contribution in [0.4, 0.5) is 5.95 Å². The Bertz CT molecular complexity index is 1170. The van der Waals surface area contributed by atoms with E-state index < -0.39 is 0 Å². The zero-order valence-corrected chi connectivity index (χ0v) is 16.2. The summed E-state index contributed by atoms with van der Waals surface area (Å²) >= 11 is 0. The van der Waals surface area contributed by atoms with Gasteiger partial charge in [0.05, 0.1) is 29.2 Å². The maximum absolute atomic E-state index is 4.75. The van der Waals surface area contributed by atoms with Gasteiger partial charge in [0.15, 0.2) is 0 Å². The van der Waals surface area contributed by atoms with Gasteiger partial charge in [-0.05, 0) is 25.5 Å². The first-order chi connectivity index (χ1) is 14.3. The van der Waals surface area contributed by atoms with E-state index in [1.54, 1.807) is 6.21 Å². The number of nitrogens with zero attached hydrogens (tertiary/aromatic N) is 4. The van der Waals surface area contributed by atoms with Crippen LogP contribution in [0.25, 0.3) is 22.2 Å². The van der Waals surface area contributed by atoms with Crippen molar-refractivity contribution in [2.45, 2.75) is 19.4 Å². The van der Waals surface area contributed by atoms with Gasteiger partial charge in [0.1, 0.15) is 0 Å². The minimum absolute atomic E-state index is 0.242. The van der Waals surface area contributed by atoms with Gasteiger partial charge in [-0.3, -0.25) is 4.99 Å². The molecule has 1 aromatic heterocycles. The third-order valence-corrected chi connectivity index (χ3v) is 5.25. The van der Waals surface area contributed by atoms with Crippen LogP contribution in [0.5, 0.6) is 0 Å². The number of hydrazone groups is 1. The van der Waals surface area contributed by atoms with Gasteiger partial charge < -0.3 is 0 Å².